The molecule has 3 amide bonds. The maximum atomic E-state index is 11.7. The summed E-state index contributed by atoms with van der Waals surface area (Å²) in [5.74, 6) is -1.05. The third kappa shape index (κ3) is 5.64. The third-order valence-electron chi connectivity index (χ3n) is 2.77. The van der Waals surface area contributed by atoms with Gasteiger partial charge in [-0.25, -0.2) is 4.79 Å². The summed E-state index contributed by atoms with van der Waals surface area (Å²) in [6.07, 6.45) is -0.208. The Balaban J connectivity index is 2.53. The summed E-state index contributed by atoms with van der Waals surface area (Å²) < 4.78 is 1.48. The van der Waals surface area contributed by atoms with Crippen molar-refractivity contribution in [2.24, 2.45) is 12.5 Å². The van der Waals surface area contributed by atoms with Crippen LogP contribution >= 0.6 is 0 Å². The van der Waals surface area contributed by atoms with E-state index < -0.39 is 23.3 Å². The standard InChI is InChI=1S/C13H20N4O4/c1-8-5-9(17(4)16-8)14-12(21)15-10(18)6-13(2,3)7-11(19)20/h5H,6-7H2,1-4H3,(H,19,20)(H2,14,15,18,21). The lowest BCUT2D eigenvalue weighted by atomic mass is 9.85. The molecule has 0 bridgehead atoms. The Hall–Kier alpha value is -2.38. The number of aryl methyl sites for hydroxylation is 2. The number of amides is 3. The molecule has 21 heavy (non-hydrogen) atoms. The third-order valence-corrected chi connectivity index (χ3v) is 2.77. The van der Waals surface area contributed by atoms with Crippen molar-refractivity contribution in [2.45, 2.75) is 33.6 Å². The second kappa shape index (κ2) is 6.38. The van der Waals surface area contributed by atoms with Gasteiger partial charge >= 0.3 is 12.0 Å². The molecule has 1 aromatic rings. The Morgan fingerprint density at radius 1 is 1.33 bits per heavy atom. The molecule has 0 spiro atoms. The van der Waals surface area contributed by atoms with Gasteiger partial charge in [0.2, 0.25) is 5.91 Å². The summed E-state index contributed by atoms with van der Waals surface area (Å²) in [6.45, 7) is 5.09. The lowest BCUT2D eigenvalue weighted by Crippen LogP contribution is -2.37. The molecule has 8 heteroatoms. The Kier molecular flexibility index (Phi) is 5.07. The molecule has 0 fully saturated rings. The Labute approximate surface area is 122 Å². The Bertz CT molecular complexity index is 563. The molecule has 0 saturated heterocycles. The Morgan fingerprint density at radius 2 is 1.95 bits per heavy atom. The topological polar surface area (TPSA) is 113 Å². The SMILES string of the molecule is Cc1cc(NC(=O)NC(=O)CC(C)(C)CC(=O)O)n(C)n1. The predicted molar refractivity (Wildman–Crippen MR) is 75.8 cm³/mol. The lowest BCUT2D eigenvalue weighted by molar-refractivity contribution is -0.139. The first-order valence-corrected chi connectivity index (χ1v) is 6.42. The number of carbonyl (C=O) groups is 3. The van der Waals surface area contributed by atoms with Gasteiger partial charge in [0.1, 0.15) is 5.82 Å². The van der Waals surface area contributed by atoms with E-state index in [2.05, 4.69) is 15.7 Å². The van der Waals surface area contributed by atoms with Crippen molar-refractivity contribution in [2.75, 3.05) is 5.32 Å². The van der Waals surface area contributed by atoms with Gasteiger partial charge < -0.3 is 5.11 Å². The molecular weight excluding hydrogens is 276 g/mol. The maximum absolute atomic E-state index is 11.7. The molecule has 0 aliphatic carbocycles. The minimum absolute atomic E-state index is 0.0584. The van der Waals surface area contributed by atoms with Crippen LogP contribution in [-0.4, -0.2) is 32.8 Å². The van der Waals surface area contributed by atoms with E-state index in [1.165, 1.54) is 4.68 Å². The van der Waals surface area contributed by atoms with Gasteiger partial charge in [-0.1, -0.05) is 13.8 Å². The summed E-state index contributed by atoms with van der Waals surface area (Å²) in [5.41, 5.74) is 0.0148. The first kappa shape index (κ1) is 16.7. The summed E-state index contributed by atoms with van der Waals surface area (Å²) in [7, 11) is 1.67. The molecule has 1 rings (SSSR count). The number of aromatic nitrogens is 2. The van der Waals surface area contributed by atoms with Crippen molar-refractivity contribution < 1.29 is 19.5 Å². The zero-order valence-corrected chi connectivity index (χ0v) is 12.6. The number of imide groups is 1. The highest BCUT2D eigenvalue weighted by atomic mass is 16.4. The number of nitrogens with one attached hydrogen (secondary N) is 2. The van der Waals surface area contributed by atoms with Crippen LogP contribution < -0.4 is 10.6 Å². The van der Waals surface area contributed by atoms with Crippen molar-refractivity contribution in [3.63, 3.8) is 0 Å². The van der Waals surface area contributed by atoms with Crippen molar-refractivity contribution >= 4 is 23.7 Å². The molecule has 0 radical (unpaired) electrons. The molecule has 0 aliphatic rings. The van der Waals surface area contributed by atoms with E-state index in [0.29, 0.717) is 5.82 Å². The monoisotopic (exact) mass is 296 g/mol. The number of nitrogens with zero attached hydrogens (tertiary/aromatic N) is 2. The van der Waals surface area contributed by atoms with Crippen LogP contribution in [0, 0.1) is 12.3 Å². The number of carbonyl (C=O) groups excluding carboxylic acids is 2. The van der Waals surface area contributed by atoms with E-state index in [-0.39, 0.29) is 12.8 Å². The van der Waals surface area contributed by atoms with E-state index in [0.717, 1.165) is 5.69 Å². The number of urea groups is 1. The van der Waals surface area contributed by atoms with Crippen molar-refractivity contribution in [1.29, 1.82) is 0 Å². The minimum Gasteiger partial charge on any atom is -0.481 e. The van der Waals surface area contributed by atoms with Crippen LogP contribution in [-0.2, 0) is 16.6 Å². The van der Waals surface area contributed by atoms with Gasteiger partial charge in [0.25, 0.3) is 0 Å². The summed E-state index contributed by atoms with van der Waals surface area (Å²) in [5, 5.41) is 17.5. The zero-order chi connectivity index (χ0) is 16.2. The molecule has 1 heterocycles. The number of aliphatic carboxylic acids is 1. The fourth-order valence-corrected chi connectivity index (χ4v) is 1.95. The van der Waals surface area contributed by atoms with Crippen molar-refractivity contribution in [3.05, 3.63) is 11.8 Å². The minimum atomic E-state index is -0.984. The number of carboxylic acid groups (broad SMARTS) is 1. The first-order chi connectivity index (χ1) is 9.59. The first-order valence-electron chi connectivity index (χ1n) is 6.42. The quantitative estimate of drug-likeness (QED) is 0.757. The number of hydrogen-bond donors (Lipinski definition) is 3. The summed E-state index contributed by atoms with van der Waals surface area (Å²) in [4.78, 5) is 34.1. The molecule has 116 valence electrons. The second-order valence-corrected chi connectivity index (χ2v) is 5.71. The fraction of sp³-hybridized carbons (Fsp3) is 0.538. The highest BCUT2D eigenvalue weighted by molar-refractivity contribution is 6.01. The van der Waals surface area contributed by atoms with Crippen LogP contribution in [0.2, 0.25) is 0 Å². The van der Waals surface area contributed by atoms with Gasteiger partial charge in [0.05, 0.1) is 12.1 Å². The predicted octanol–water partition coefficient (Wildman–Crippen LogP) is 1.27. The van der Waals surface area contributed by atoms with Crippen LogP contribution in [0.4, 0.5) is 10.6 Å². The van der Waals surface area contributed by atoms with E-state index in [1.54, 1.807) is 33.9 Å². The number of hydrogen-bond acceptors (Lipinski definition) is 4. The van der Waals surface area contributed by atoms with Gasteiger partial charge in [0.15, 0.2) is 0 Å². The fourth-order valence-electron chi connectivity index (χ4n) is 1.95. The largest absolute Gasteiger partial charge is 0.481 e. The molecule has 0 saturated carbocycles. The molecule has 0 aliphatic heterocycles. The van der Waals surface area contributed by atoms with E-state index in [4.69, 9.17) is 5.11 Å². The van der Waals surface area contributed by atoms with E-state index in [9.17, 15) is 14.4 Å². The molecule has 1 aromatic heterocycles. The van der Waals surface area contributed by atoms with Crippen LogP contribution in [0.5, 0.6) is 0 Å². The lowest BCUT2D eigenvalue weighted by Gasteiger charge is -2.21. The van der Waals surface area contributed by atoms with Crippen LogP contribution in [0.25, 0.3) is 0 Å². The zero-order valence-electron chi connectivity index (χ0n) is 12.6. The average molecular weight is 296 g/mol. The number of carboxylic acids is 1. The van der Waals surface area contributed by atoms with Gasteiger partial charge in [-0.15, -0.1) is 0 Å². The van der Waals surface area contributed by atoms with Crippen molar-refractivity contribution in [1.82, 2.24) is 15.1 Å². The summed E-state index contributed by atoms with van der Waals surface area (Å²) in [6, 6.07) is 0.993. The normalized spacial score (nSPS) is 11.0. The second-order valence-electron chi connectivity index (χ2n) is 5.71. The molecular formula is C13H20N4O4. The Morgan fingerprint density at radius 3 is 2.43 bits per heavy atom. The molecule has 3 N–H and O–H groups in total. The maximum Gasteiger partial charge on any atom is 0.327 e. The number of anilines is 1. The molecule has 0 aromatic carbocycles. The molecule has 0 unspecified atom stereocenters. The van der Waals surface area contributed by atoms with E-state index >= 15 is 0 Å². The van der Waals surface area contributed by atoms with Gasteiger partial charge in [-0.2, -0.15) is 5.10 Å². The van der Waals surface area contributed by atoms with Gasteiger partial charge in [-0.3, -0.25) is 24.9 Å². The van der Waals surface area contributed by atoms with Crippen LogP contribution in [0.3, 0.4) is 0 Å². The molecule has 8 nitrogen and oxygen atoms in total. The van der Waals surface area contributed by atoms with Crippen molar-refractivity contribution in [3.8, 4) is 0 Å². The van der Waals surface area contributed by atoms with Gasteiger partial charge in [0, 0.05) is 19.5 Å². The summed E-state index contributed by atoms with van der Waals surface area (Å²) >= 11 is 0. The number of rotatable bonds is 5. The van der Waals surface area contributed by atoms with Gasteiger partial charge in [-0.05, 0) is 12.3 Å². The highest BCUT2D eigenvalue weighted by Crippen LogP contribution is 2.24. The van der Waals surface area contributed by atoms with E-state index in [1.807, 2.05) is 0 Å². The smallest absolute Gasteiger partial charge is 0.327 e. The van der Waals surface area contributed by atoms with Crippen LogP contribution in [0.15, 0.2) is 6.07 Å². The average Bonchev–Trinajstić information content (AvgIpc) is 2.53. The van der Waals surface area contributed by atoms with Crippen LogP contribution in [0.1, 0.15) is 32.4 Å². The molecule has 0 atom stereocenters. The highest BCUT2D eigenvalue weighted by Gasteiger charge is 2.26.